The molecule has 1 aliphatic carbocycles. The Balaban J connectivity index is 2.05. The Morgan fingerprint density at radius 3 is 2.43 bits per heavy atom. The fourth-order valence-electron chi connectivity index (χ4n) is 2.97. The molecule has 0 unspecified atom stereocenters. The van der Waals surface area contributed by atoms with E-state index < -0.39 is 32.4 Å². The molecular formula is C17H15FN2O2S. The van der Waals surface area contributed by atoms with Gasteiger partial charge in [-0.15, -0.1) is 0 Å². The van der Waals surface area contributed by atoms with E-state index >= 15 is 0 Å². The van der Waals surface area contributed by atoms with Gasteiger partial charge in [-0.1, -0.05) is 29.8 Å². The number of nitrogens with zero attached hydrogens (tertiary/aromatic N) is 1. The van der Waals surface area contributed by atoms with E-state index in [2.05, 4.69) is 0 Å². The van der Waals surface area contributed by atoms with Crippen molar-refractivity contribution in [2.75, 3.05) is 0 Å². The first-order chi connectivity index (χ1) is 10.8. The van der Waals surface area contributed by atoms with Gasteiger partial charge in [0.25, 0.3) is 0 Å². The van der Waals surface area contributed by atoms with Crippen molar-refractivity contribution in [1.82, 2.24) is 0 Å². The maximum Gasteiger partial charge on any atom is 0.184 e. The Morgan fingerprint density at radius 2 is 1.87 bits per heavy atom. The van der Waals surface area contributed by atoms with Crippen molar-refractivity contribution in [3.8, 4) is 6.07 Å². The monoisotopic (exact) mass is 330 g/mol. The summed E-state index contributed by atoms with van der Waals surface area (Å²) < 4.78 is 39.1. The van der Waals surface area contributed by atoms with Crippen LogP contribution in [-0.4, -0.2) is 19.2 Å². The van der Waals surface area contributed by atoms with E-state index in [9.17, 15) is 18.1 Å². The molecule has 0 saturated heterocycles. The molecule has 0 aliphatic heterocycles. The highest BCUT2D eigenvalue weighted by molar-refractivity contribution is 7.92. The Morgan fingerprint density at radius 1 is 1.22 bits per heavy atom. The Labute approximate surface area is 134 Å². The molecule has 4 nitrogen and oxygen atoms in total. The van der Waals surface area contributed by atoms with E-state index in [1.165, 1.54) is 30.3 Å². The molecule has 0 heterocycles. The number of hydrogen-bond donors (Lipinski definition) is 1. The van der Waals surface area contributed by atoms with Crippen LogP contribution >= 0.6 is 0 Å². The van der Waals surface area contributed by atoms with Crippen molar-refractivity contribution >= 4 is 9.84 Å². The smallest absolute Gasteiger partial charge is 0.184 e. The minimum atomic E-state index is -3.78. The van der Waals surface area contributed by atoms with E-state index in [4.69, 9.17) is 5.73 Å². The average Bonchev–Trinajstić information content (AvgIpc) is 3.15. The van der Waals surface area contributed by atoms with Gasteiger partial charge in [0.15, 0.2) is 9.84 Å². The zero-order valence-corrected chi connectivity index (χ0v) is 13.2. The lowest BCUT2D eigenvalue weighted by atomic mass is 10.1. The summed E-state index contributed by atoms with van der Waals surface area (Å²) in [5.74, 6) is -1.23. The second kappa shape index (κ2) is 5.15. The molecule has 2 N–H and O–H groups in total. The van der Waals surface area contributed by atoms with Crippen LogP contribution in [0.2, 0.25) is 0 Å². The summed E-state index contributed by atoms with van der Waals surface area (Å²) in [5, 5.41) is 8.28. The van der Waals surface area contributed by atoms with Gasteiger partial charge in [-0.25, -0.2) is 12.8 Å². The number of aryl methyl sites for hydroxylation is 1. The number of benzene rings is 2. The van der Waals surface area contributed by atoms with Gasteiger partial charge in [-0.05, 0) is 36.8 Å². The Kier molecular flexibility index (Phi) is 3.51. The molecule has 2 aromatic carbocycles. The highest BCUT2D eigenvalue weighted by atomic mass is 32.2. The standard InChI is InChI=1S/C17H15FN2O2S/c1-11-5-7-14(8-6-11)23(21,22)16-15(17(16,20)10-19)12-3-2-4-13(18)9-12/h2-9,15-16H,20H2,1H3/t15-,16-,17+/m1/s1. The lowest BCUT2D eigenvalue weighted by Crippen LogP contribution is -2.29. The summed E-state index contributed by atoms with van der Waals surface area (Å²) in [6, 6.07) is 13.9. The molecule has 2 aromatic rings. The lowest BCUT2D eigenvalue weighted by Gasteiger charge is -2.05. The normalized spacial score (nSPS) is 26.5. The Bertz CT molecular complexity index is 903. The molecule has 0 radical (unpaired) electrons. The SMILES string of the molecule is Cc1ccc(S(=O)(=O)[C@@H]2[C@@H](c3cccc(F)c3)[C@@]2(N)C#N)cc1. The van der Waals surface area contributed by atoms with E-state index in [0.717, 1.165) is 5.56 Å². The highest BCUT2D eigenvalue weighted by Crippen LogP contribution is 2.55. The van der Waals surface area contributed by atoms with Crippen LogP contribution in [0.25, 0.3) is 0 Å². The molecule has 0 spiro atoms. The minimum absolute atomic E-state index is 0.122. The minimum Gasteiger partial charge on any atom is -0.312 e. The molecule has 1 aliphatic rings. The van der Waals surface area contributed by atoms with Gasteiger partial charge in [0.2, 0.25) is 0 Å². The summed E-state index contributed by atoms with van der Waals surface area (Å²) in [6.45, 7) is 1.85. The molecule has 23 heavy (non-hydrogen) atoms. The number of nitrogens with two attached hydrogens (primary N) is 1. The third-order valence-corrected chi connectivity index (χ3v) is 6.52. The van der Waals surface area contributed by atoms with Crippen molar-refractivity contribution in [1.29, 1.82) is 5.26 Å². The lowest BCUT2D eigenvalue weighted by molar-refractivity contribution is 0.591. The first kappa shape index (κ1) is 15.7. The molecule has 118 valence electrons. The Hall–Kier alpha value is -2.23. The molecule has 6 heteroatoms. The first-order valence-electron chi connectivity index (χ1n) is 7.07. The summed E-state index contributed by atoms with van der Waals surface area (Å²) in [5.41, 5.74) is 5.82. The maximum atomic E-state index is 13.4. The van der Waals surface area contributed by atoms with Crippen LogP contribution in [-0.2, 0) is 9.84 Å². The molecule has 1 fully saturated rings. The summed E-state index contributed by atoms with van der Waals surface area (Å²) >= 11 is 0. The predicted molar refractivity (Wildman–Crippen MR) is 83.8 cm³/mol. The van der Waals surface area contributed by atoms with Gasteiger partial charge in [-0.3, -0.25) is 0 Å². The molecule has 0 amide bonds. The van der Waals surface area contributed by atoms with Crippen molar-refractivity contribution < 1.29 is 12.8 Å². The van der Waals surface area contributed by atoms with Gasteiger partial charge in [0, 0.05) is 5.92 Å². The van der Waals surface area contributed by atoms with E-state index in [-0.39, 0.29) is 4.90 Å². The van der Waals surface area contributed by atoms with Crippen LogP contribution < -0.4 is 5.73 Å². The quantitative estimate of drug-likeness (QED) is 0.936. The third kappa shape index (κ3) is 2.42. The molecule has 0 aromatic heterocycles. The molecule has 1 saturated carbocycles. The van der Waals surface area contributed by atoms with E-state index in [1.54, 1.807) is 18.2 Å². The molecular weight excluding hydrogens is 315 g/mol. The fourth-order valence-corrected chi connectivity index (χ4v) is 5.15. The van der Waals surface area contributed by atoms with Gasteiger partial charge in [0.1, 0.15) is 16.6 Å². The van der Waals surface area contributed by atoms with Crippen molar-refractivity contribution in [2.45, 2.75) is 28.5 Å². The van der Waals surface area contributed by atoms with Crippen LogP contribution in [0.5, 0.6) is 0 Å². The zero-order valence-electron chi connectivity index (χ0n) is 12.4. The number of halogens is 1. The summed E-state index contributed by atoms with van der Waals surface area (Å²) in [7, 11) is -3.78. The van der Waals surface area contributed by atoms with E-state index in [0.29, 0.717) is 5.56 Å². The summed E-state index contributed by atoms with van der Waals surface area (Å²) in [4.78, 5) is 0.122. The molecule has 3 rings (SSSR count). The maximum absolute atomic E-state index is 13.4. The average molecular weight is 330 g/mol. The number of rotatable bonds is 3. The number of sulfone groups is 1. The van der Waals surface area contributed by atoms with Crippen molar-refractivity contribution in [3.63, 3.8) is 0 Å². The number of nitriles is 1. The largest absolute Gasteiger partial charge is 0.312 e. The topological polar surface area (TPSA) is 83.9 Å². The van der Waals surface area contributed by atoms with Crippen LogP contribution in [0, 0.1) is 24.1 Å². The first-order valence-corrected chi connectivity index (χ1v) is 8.61. The van der Waals surface area contributed by atoms with Crippen LogP contribution in [0.3, 0.4) is 0 Å². The van der Waals surface area contributed by atoms with Crippen LogP contribution in [0.15, 0.2) is 53.4 Å². The van der Waals surface area contributed by atoms with Crippen LogP contribution in [0.1, 0.15) is 17.0 Å². The third-order valence-electron chi connectivity index (χ3n) is 4.26. The molecule has 3 atom stereocenters. The second-order valence-electron chi connectivity index (χ2n) is 5.86. The zero-order chi connectivity index (χ0) is 16.8. The van der Waals surface area contributed by atoms with Gasteiger partial charge < -0.3 is 5.73 Å². The highest BCUT2D eigenvalue weighted by Gasteiger charge is 2.70. The van der Waals surface area contributed by atoms with Crippen LogP contribution in [0.4, 0.5) is 4.39 Å². The van der Waals surface area contributed by atoms with Crippen molar-refractivity contribution in [2.24, 2.45) is 5.73 Å². The summed E-state index contributed by atoms with van der Waals surface area (Å²) in [6.07, 6.45) is 0. The fraction of sp³-hybridized carbons (Fsp3) is 0.235. The van der Waals surface area contributed by atoms with Gasteiger partial charge >= 0.3 is 0 Å². The second-order valence-corrected chi connectivity index (χ2v) is 7.93. The van der Waals surface area contributed by atoms with E-state index in [1.807, 2.05) is 13.0 Å². The predicted octanol–water partition coefficient (Wildman–Crippen LogP) is 2.29. The van der Waals surface area contributed by atoms with Gasteiger partial charge in [0.05, 0.1) is 11.0 Å². The van der Waals surface area contributed by atoms with Gasteiger partial charge in [-0.2, -0.15) is 5.26 Å². The number of hydrogen-bond acceptors (Lipinski definition) is 4. The molecule has 0 bridgehead atoms. The van der Waals surface area contributed by atoms with Crippen molar-refractivity contribution in [3.05, 3.63) is 65.5 Å².